The predicted octanol–water partition coefficient (Wildman–Crippen LogP) is 4.46. The SMILES string of the molecule is O=CNC(CCCc1cccc(-c2ccc(CO)cc2)c1)OCc1ccccc1. The molecule has 4 nitrogen and oxygen atoms in total. The molecule has 1 amide bonds. The normalized spacial score (nSPS) is 11.8. The second kappa shape index (κ2) is 11.1. The van der Waals surface area contributed by atoms with E-state index in [2.05, 4.69) is 29.6 Å². The number of hydrogen-bond donors (Lipinski definition) is 2. The van der Waals surface area contributed by atoms with Crippen LogP contribution in [0.2, 0.25) is 0 Å². The molecule has 0 saturated carbocycles. The quantitative estimate of drug-likeness (QED) is 0.376. The van der Waals surface area contributed by atoms with Crippen molar-refractivity contribution in [2.75, 3.05) is 0 Å². The highest BCUT2D eigenvalue weighted by molar-refractivity contribution is 5.64. The molecule has 2 N–H and O–H groups in total. The van der Waals surface area contributed by atoms with E-state index in [1.807, 2.05) is 54.6 Å². The molecule has 29 heavy (non-hydrogen) atoms. The summed E-state index contributed by atoms with van der Waals surface area (Å²) in [5, 5.41) is 12.0. The highest BCUT2D eigenvalue weighted by atomic mass is 16.5. The van der Waals surface area contributed by atoms with Gasteiger partial charge in [0, 0.05) is 0 Å². The summed E-state index contributed by atoms with van der Waals surface area (Å²) in [6.07, 6.45) is 2.98. The lowest BCUT2D eigenvalue weighted by molar-refractivity contribution is -0.114. The lowest BCUT2D eigenvalue weighted by atomic mass is 9.99. The first-order chi connectivity index (χ1) is 14.3. The van der Waals surface area contributed by atoms with E-state index < -0.39 is 0 Å². The fourth-order valence-electron chi connectivity index (χ4n) is 3.26. The van der Waals surface area contributed by atoms with Crippen molar-refractivity contribution in [3.8, 4) is 11.1 Å². The van der Waals surface area contributed by atoms with Crippen molar-refractivity contribution in [1.82, 2.24) is 5.32 Å². The molecular weight excluding hydrogens is 362 g/mol. The van der Waals surface area contributed by atoms with Gasteiger partial charge in [-0.05, 0) is 47.1 Å². The van der Waals surface area contributed by atoms with Gasteiger partial charge in [0.2, 0.25) is 6.41 Å². The monoisotopic (exact) mass is 389 g/mol. The Hall–Kier alpha value is -2.95. The zero-order valence-electron chi connectivity index (χ0n) is 16.5. The summed E-state index contributed by atoms with van der Waals surface area (Å²) in [6.45, 7) is 0.536. The van der Waals surface area contributed by atoms with Gasteiger partial charge in [0.25, 0.3) is 0 Å². The molecule has 3 aromatic rings. The van der Waals surface area contributed by atoms with Gasteiger partial charge in [-0.15, -0.1) is 0 Å². The third kappa shape index (κ3) is 6.56. The molecule has 3 rings (SSSR count). The fraction of sp³-hybridized carbons (Fsp3) is 0.240. The second-order valence-electron chi connectivity index (χ2n) is 7.02. The van der Waals surface area contributed by atoms with Gasteiger partial charge in [-0.3, -0.25) is 4.79 Å². The summed E-state index contributed by atoms with van der Waals surface area (Å²) >= 11 is 0. The molecule has 1 atom stereocenters. The second-order valence-corrected chi connectivity index (χ2v) is 7.02. The molecule has 0 radical (unpaired) electrons. The molecule has 0 aliphatic carbocycles. The third-order valence-electron chi connectivity index (χ3n) is 4.88. The minimum atomic E-state index is -0.290. The van der Waals surface area contributed by atoms with Crippen molar-refractivity contribution in [2.24, 2.45) is 0 Å². The van der Waals surface area contributed by atoms with Gasteiger partial charge in [0.05, 0.1) is 13.2 Å². The first-order valence-electron chi connectivity index (χ1n) is 9.93. The number of rotatable bonds is 11. The molecule has 0 aromatic heterocycles. The molecule has 0 saturated heterocycles. The number of ether oxygens (including phenoxy) is 1. The maximum Gasteiger partial charge on any atom is 0.209 e. The molecule has 0 bridgehead atoms. The summed E-state index contributed by atoms with van der Waals surface area (Å²) in [5.41, 5.74) is 5.55. The first kappa shape index (κ1) is 20.8. The Kier molecular flexibility index (Phi) is 7.99. The lowest BCUT2D eigenvalue weighted by Crippen LogP contribution is -2.30. The molecule has 150 valence electrons. The Balaban J connectivity index is 1.53. The molecule has 4 heteroatoms. The molecule has 3 aromatic carbocycles. The molecular formula is C25H27NO3. The number of aliphatic hydroxyl groups excluding tert-OH is 1. The molecule has 0 aliphatic heterocycles. The number of hydrogen-bond acceptors (Lipinski definition) is 3. The average molecular weight is 389 g/mol. The maximum absolute atomic E-state index is 10.9. The summed E-state index contributed by atoms with van der Waals surface area (Å²) in [4.78, 5) is 10.9. The molecule has 1 unspecified atom stereocenters. The Morgan fingerprint density at radius 1 is 0.862 bits per heavy atom. The van der Waals surface area contributed by atoms with Crippen LogP contribution in [-0.2, 0) is 29.2 Å². The van der Waals surface area contributed by atoms with Crippen LogP contribution in [0, 0.1) is 0 Å². The van der Waals surface area contributed by atoms with Crippen LogP contribution < -0.4 is 5.32 Å². The highest BCUT2D eigenvalue weighted by Crippen LogP contribution is 2.22. The Morgan fingerprint density at radius 3 is 2.34 bits per heavy atom. The van der Waals surface area contributed by atoms with E-state index in [1.54, 1.807) is 0 Å². The summed E-state index contributed by atoms with van der Waals surface area (Å²) < 4.78 is 5.86. The number of carbonyl (C=O) groups excluding carboxylic acids is 1. The standard InChI is InChI=1S/C25H27NO3/c27-17-21-12-14-23(15-13-21)24-10-4-8-20(16-24)9-5-11-25(26-19-28)29-18-22-6-2-1-3-7-22/h1-4,6-8,10,12-16,19,25,27H,5,9,11,17-18H2,(H,26,28). The van der Waals surface area contributed by atoms with Gasteiger partial charge in [-0.1, -0.05) is 78.9 Å². The Bertz CT molecular complexity index is 878. The van der Waals surface area contributed by atoms with E-state index in [-0.39, 0.29) is 12.8 Å². The molecule has 0 fully saturated rings. The Labute approximate surface area is 172 Å². The molecule has 0 heterocycles. The largest absolute Gasteiger partial charge is 0.392 e. The first-order valence-corrected chi connectivity index (χ1v) is 9.93. The van der Waals surface area contributed by atoms with Crippen molar-refractivity contribution in [1.29, 1.82) is 0 Å². The van der Waals surface area contributed by atoms with Crippen molar-refractivity contribution in [3.63, 3.8) is 0 Å². The van der Waals surface area contributed by atoms with E-state index >= 15 is 0 Å². The van der Waals surface area contributed by atoms with E-state index in [9.17, 15) is 9.90 Å². The number of aliphatic hydroxyl groups is 1. The third-order valence-corrected chi connectivity index (χ3v) is 4.88. The summed E-state index contributed by atoms with van der Waals surface area (Å²) in [6, 6.07) is 26.4. The smallest absolute Gasteiger partial charge is 0.209 e. The van der Waals surface area contributed by atoms with E-state index in [1.165, 1.54) is 5.56 Å². The van der Waals surface area contributed by atoms with Gasteiger partial charge in [-0.25, -0.2) is 0 Å². The minimum absolute atomic E-state index is 0.0582. The summed E-state index contributed by atoms with van der Waals surface area (Å²) in [7, 11) is 0. The van der Waals surface area contributed by atoms with Crippen LogP contribution >= 0.6 is 0 Å². The van der Waals surface area contributed by atoms with Crippen LogP contribution in [0.5, 0.6) is 0 Å². The number of carbonyl (C=O) groups is 1. The van der Waals surface area contributed by atoms with Crippen molar-refractivity contribution >= 4 is 6.41 Å². The molecule has 0 aliphatic rings. The van der Waals surface area contributed by atoms with Crippen molar-refractivity contribution in [3.05, 3.63) is 95.6 Å². The van der Waals surface area contributed by atoms with Crippen LogP contribution in [0.3, 0.4) is 0 Å². The van der Waals surface area contributed by atoms with Gasteiger partial charge in [0.15, 0.2) is 0 Å². The van der Waals surface area contributed by atoms with E-state index in [0.29, 0.717) is 13.0 Å². The minimum Gasteiger partial charge on any atom is -0.392 e. The van der Waals surface area contributed by atoms with Gasteiger partial charge in [-0.2, -0.15) is 0 Å². The fourth-order valence-corrected chi connectivity index (χ4v) is 3.26. The number of benzene rings is 3. The zero-order chi connectivity index (χ0) is 20.3. The van der Waals surface area contributed by atoms with Gasteiger partial charge >= 0.3 is 0 Å². The maximum atomic E-state index is 10.9. The lowest BCUT2D eigenvalue weighted by Gasteiger charge is -2.17. The predicted molar refractivity (Wildman–Crippen MR) is 115 cm³/mol. The Morgan fingerprint density at radius 2 is 1.62 bits per heavy atom. The topological polar surface area (TPSA) is 58.6 Å². The van der Waals surface area contributed by atoms with E-state index in [4.69, 9.17) is 4.74 Å². The van der Waals surface area contributed by atoms with Crippen LogP contribution in [0.4, 0.5) is 0 Å². The number of amides is 1. The van der Waals surface area contributed by atoms with Gasteiger partial charge in [0.1, 0.15) is 6.23 Å². The average Bonchev–Trinajstić information content (AvgIpc) is 2.78. The summed E-state index contributed by atoms with van der Waals surface area (Å²) in [5.74, 6) is 0. The van der Waals surface area contributed by atoms with Crippen LogP contribution in [0.15, 0.2) is 78.9 Å². The number of aryl methyl sites for hydroxylation is 1. The number of nitrogens with one attached hydrogen (secondary N) is 1. The van der Waals surface area contributed by atoms with Crippen molar-refractivity contribution in [2.45, 2.75) is 38.7 Å². The van der Waals surface area contributed by atoms with E-state index in [0.717, 1.165) is 41.5 Å². The highest BCUT2D eigenvalue weighted by Gasteiger charge is 2.08. The van der Waals surface area contributed by atoms with Crippen LogP contribution in [0.1, 0.15) is 29.5 Å². The molecule has 0 spiro atoms. The van der Waals surface area contributed by atoms with Crippen LogP contribution in [-0.4, -0.2) is 17.7 Å². The zero-order valence-corrected chi connectivity index (χ0v) is 16.5. The van der Waals surface area contributed by atoms with Gasteiger partial charge < -0.3 is 15.2 Å². The van der Waals surface area contributed by atoms with Crippen molar-refractivity contribution < 1.29 is 14.6 Å². The van der Waals surface area contributed by atoms with Crippen LogP contribution in [0.25, 0.3) is 11.1 Å².